The third-order valence-electron chi connectivity index (χ3n) is 2.81. The fourth-order valence-electron chi connectivity index (χ4n) is 1.99. The number of carboxylic acid groups (broad SMARTS) is 1. The minimum Gasteiger partial charge on any atom is -0.481 e. The first-order valence-corrected chi connectivity index (χ1v) is 6.36. The lowest BCUT2D eigenvalue weighted by Gasteiger charge is -2.11. The van der Waals surface area contributed by atoms with Gasteiger partial charge in [0, 0.05) is 4.88 Å². The van der Waals surface area contributed by atoms with Crippen LogP contribution in [0.2, 0.25) is 0 Å². The molecule has 5 heteroatoms. The van der Waals surface area contributed by atoms with Crippen LogP contribution in [0.1, 0.15) is 28.4 Å². The van der Waals surface area contributed by atoms with Crippen molar-refractivity contribution in [3.05, 3.63) is 15.6 Å². The van der Waals surface area contributed by atoms with Gasteiger partial charge in [0.1, 0.15) is 5.01 Å². The molecule has 1 aromatic rings. The van der Waals surface area contributed by atoms with Gasteiger partial charge in [-0.3, -0.25) is 9.69 Å². The van der Waals surface area contributed by atoms with E-state index in [4.69, 9.17) is 5.11 Å². The molecule has 2 rings (SSSR count). The van der Waals surface area contributed by atoms with Gasteiger partial charge in [0.2, 0.25) is 0 Å². The quantitative estimate of drug-likeness (QED) is 0.870. The number of nitrogens with zero attached hydrogens (tertiary/aromatic N) is 2. The molecule has 1 N–H and O–H groups in total. The molecule has 16 heavy (non-hydrogen) atoms. The molecular weight excluding hydrogens is 224 g/mol. The van der Waals surface area contributed by atoms with Gasteiger partial charge in [-0.1, -0.05) is 0 Å². The van der Waals surface area contributed by atoms with Crippen LogP contribution < -0.4 is 0 Å². The highest BCUT2D eigenvalue weighted by atomic mass is 32.1. The van der Waals surface area contributed by atoms with Gasteiger partial charge in [-0.15, -0.1) is 11.3 Å². The first kappa shape index (κ1) is 11.5. The van der Waals surface area contributed by atoms with E-state index in [1.54, 1.807) is 11.3 Å². The van der Waals surface area contributed by atoms with Gasteiger partial charge >= 0.3 is 5.97 Å². The van der Waals surface area contributed by atoms with E-state index in [1.165, 1.54) is 12.8 Å². The molecule has 4 nitrogen and oxygen atoms in total. The van der Waals surface area contributed by atoms with E-state index in [2.05, 4.69) is 9.88 Å². The number of aromatic nitrogens is 1. The maximum atomic E-state index is 10.6. The maximum Gasteiger partial charge on any atom is 0.308 e. The number of thiazole rings is 1. The SMILES string of the molecule is Cc1nc(CN2CCCC2)sc1CC(=O)O. The van der Waals surface area contributed by atoms with E-state index in [1.807, 2.05) is 6.92 Å². The Hall–Kier alpha value is -0.940. The summed E-state index contributed by atoms with van der Waals surface area (Å²) in [4.78, 5) is 18.4. The van der Waals surface area contributed by atoms with Crippen LogP contribution in [0.3, 0.4) is 0 Å². The topological polar surface area (TPSA) is 53.4 Å². The van der Waals surface area contributed by atoms with Gasteiger partial charge in [-0.25, -0.2) is 4.98 Å². The number of aliphatic carboxylic acids is 1. The lowest BCUT2D eigenvalue weighted by atomic mass is 10.3. The zero-order valence-corrected chi connectivity index (χ0v) is 10.2. The van der Waals surface area contributed by atoms with Crippen molar-refractivity contribution in [1.29, 1.82) is 0 Å². The Balaban J connectivity index is 2.01. The molecule has 0 aliphatic carbocycles. The minimum absolute atomic E-state index is 0.101. The molecule has 88 valence electrons. The fourth-order valence-corrected chi connectivity index (χ4v) is 3.09. The Morgan fingerprint density at radius 3 is 2.81 bits per heavy atom. The summed E-state index contributed by atoms with van der Waals surface area (Å²) in [5.41, 5.74) is 0.876. The number of rotatable bonds is 4. The highest BCUT2D eigenvalue weighted by Crippen LogP contribution is 2.21. The second-order valence-electron chi connectivity index (χ2n) is 4.17. The van der Waals surface area contributed by atoms with Crippen molar-refractivity contribution in [2.24, 2.45) is 0 Å². The molecular formula is C11H16N2O2S. The van der Waals surface area contributed by atoms with Gasteiger partial charge in [-0.2, -0.15) is 0 Å². The molecule has 0 spiro atoms. The molecule has 0 saturated carbocycles. The molecule has 0 bridgehead atoms. The van der Waals surface area contributed by atoms with Crippen LogP contribution in [0.25, 0.3) is 0 Å². The van der Waals surface area contributed by atoms with Crippen LogP contribution in [0.5, 0.6) is 0 Å². The van der Waals surface area contributed by atoms with Crippen LogP contribution >= 0.6 is 11.3 Å². The molecule has 1 saturated heterocycles. The fraction of sp³-hybridized carbons (Fsp3) is 0.636. The van der Waals surface area contributed by atoms with Gasteiger partial charge in [0.25, 0.3) is 0 Å². The van der Waals surface area contributed by atoms with E-state index in [0.29, 0.717) is 0 Å². The minimum atomic E-state index is -0.778. The zero-order valence-electron chi connectivity index (χ0n) is 9.40. The summed E-state index contributed by atoms with van der Waals surface area (Å²) in [5.74, 6) is -0.778. The van der Waals surface area contributed by atoms with Crippen molar-refractivity contribution < 1.29 is 9.90 Å². The molecule has 0 aromatic carbocycles. The summed E-state index contributed by atoms with van der Waals surface area (Å²) in [6.45, 7) is 5.06. The predicted molar refractivity (Wildman–Crippen MR) is 62.7 cm³/mol. The van der Waals surface area contributed by atoms with Crippen molar-refractivity contribution in [2.45, 2.75) is 32.7 Å². The predicted octanol–water partition coefficient (Wildman–Crippen LogP) is 1.67. The highest BCUT2D eigenvalue weighted by molar-refractivity contribution is 7.11. The second kappa shape index (κ2) is 4.93. The first-order chi connectivity index (χ1) is 7.65. The number of hydrogen-bond acceptors (Lipinski definition) is 4. The molecule has 0 radical (unpaired) electrons. The van der Waals surface area contributed by atoms with E-state index in [-0.39, 0.29) is 6.42 Å². The summed E-state index contributed by atoms with van der Waals surface area (Å²) in [7, 11) is 0. The van der Waals surface area contributed by atoms with Gasteiger partial charge in [-0.05, 0) is 32.9 Å². The van der Waals surface area contributed by atoms with Gasteiger partial charge < -0.3 is 5.11 Å². The summed E-state index contributed by atoms with van der Waals surface area (Å²) in [6.07, 6.45) is 2.64. The number of likely N-dealkylation sites (tertiary alicyclic amines) is 1. The van der Waals surface area contributed by atoms with Gasteiger partial charge in [0.15, 0.2) is 0 Å². The Bertz CT molecular complexity index is 383. The van der Waals surface area contributed by atoms with Crippen LogP contribution in [0, 0.1) is 6.92 Å². The molecule has 0 atom stereocenters. The number of carbonyl (C=O) groups is 1. The standard InChI is InChI=1S/C11H16N2O2S/c1-8-9(6-11(14)15)16-10(12-8)7-13-4-2-3-5-13/h2-7H2,1H3,(H,14,15). The van der Waals surface area contributed by atoms with Crippen LogP contribution in [0.4, 0.5) is 0 Å². The number of aryl methyl sites for hydroxylation is 1. The van der Waals surface area contributed by atoms with Crippen LogP contribution in [-0.2, 0) is 17.8 Å². The summed E-state index contributed by atoms with van der Waals surface area (Å²) in [6, 6.07) is 0. The van der Waals surface area contributed by atoms with E-state index >= 15 is 0 Å². The van der Waals surface area contributed by atoms with Crippen molar-refractivity contribution in [3.8, 4) is 0 Å². The van der Waals surface area contributed by atoms with Crippen LogP contribution in [-0.4, -0.2) is 34.0 Å². The van der Waals surface area contributed by atoms with Crippen molar-refractivity contribution in [2.75, 3.05) is 13.1 Å². The third-order valence-corrected chi connectivity index (χ3v) is 3.95. The normalized spacial score (nSPS) is 16.8. The molecule has 0 amide bonds. The summed E-state index contributed by atoms with van der Waals surface area (Å²) in [5, 5.41) is 9.80. The van der Waals surface area contributed by atoms with E-state index in [9.17, 15) is 4.79 Å². The van der Waals surface area contributed by atoms with Crippen molar-refractivity contribution >= 4 is 17.3 Å². The smallest absolute Gasteiger partial charge is 0.308 e. The Morgan fingerprint density at radius 1 is 1.50 bits per heavy atom. The molecule has 0 unspecified atom stereocenters. The Kier molecular flexibility index (Phi) is 3.56. The van der Waals surface area contributed by atoms with E-state index < -0.39 is 5.97 Å². The first-order valence-electron chi connectivity index (χ1n) is 5.54. The molecule has 1 fully saturated rings. The van der Waals surface area contributed by atoms with Crippen LogP contribution in [0.15, 0.2) is 0 Å². The average molecular weight is 240 g/mol. The maximum absolute atomic E-state index is 10.6. The number of carboxylic acids is 1. The third kappa shape index (κ3) is 2.80. The lowest BCUT2D eigenvalue weighted by Crippen LogP contribution is -2.18. The van der Waals surface area contributed by atoms with E-state index in [0.717, 1.165) is 35.2 Å². The molecule has 1 aromatic heterocycles. The Labute approximate surface area is 98.9 Å². The largest absolute Gasteiger partial charge is 0.481 e. The highest BCUT2D eigenvalue weighted by Gasteiger charge is 2.16. The van der Waals surface area contributed by atoms with Gasteiger partial charge in [0.05, 0.1) is 18.7 Å². The summed E-state index contributed by atoms with van der Waals surface area (Å²) >= 11 is 1.54. The molecule has 1 aliphatic rings. The van der Waals surface area contributed by atoms with Crippen molar-refractivity contribution in [3.63, 3.8) is 0 Å². The zero-order chi connectivity index (χ0) is 11.5. The average Bonchev–Trinajstić information content (AvgIpc) is 2.78. The Morgan fingerprint density at radius 2 is 2.19 bits per heavy atom. The van der Waals surface area contributed by atoms with Crippen molar-refractivity contribution in [1.82, 2.24) is 9.88 Å². The monoisotopic (exact) mass is 240 g/mol. The summed E-state index contributed by atoms with van der Waals surface area (Å²) < 4.78 is 0. The molecule has 2 heterocycles. The molecule has 1 aliphatic heterocycles. The number of hydrogen-bond donors (Lipinski definition) is 1. The lowest BCUT2D eigenvalue weighted by molar-refractivity contribution is -0.136. The second-order valence-corrected chi connectivity index (χ2v) is 5.34.